The summed E-state index contributed by atoms with van der Waals surface area (Å²) in [6.45, 7) is 1.52. The quantitative estimate of drug-likeness (QED) is 0.932. The lowest BCUT2D eigenvalue weighted by molar-refractivity contribution is -0.139. The molecular weight excluding hydrogens is 299 g/mol. The Balaban J connectivity index is 2.05. The van der Waals surface area contributed by atoms with Crippen molar-refractivity contribution in [3.8, 4) is 0 Å². The maximum Gasteiger partial charge on any atom is 0.242 e. The van der Waals surface area contributed by atoms with Crippen LogP contribution in [-0.2, 0) is 16.1 Å². The molecule has 1 fully saturated rings. The first-order valence-electron chi connectivity index (χ1n) is 6.48. The molecule has 0 spiro atoms. The Hall–Kier alpha value is -0.810. The van der Waals surface area contributed by atoms with E-state index in [1.807, 2.05) is 6.07 Å². The van der Waals surface area contributed by atoms with Crippen LogP contribution in [0.4, 0.5) is 0 Å². The van der Waals surface area contributed by atoms with Gasteiger partial charge in [-0.05, 0) is 30.5 Å². The van der Waals surface area contributed by atoms with Gasteiger partial charge in [-0.15, -0.1) is 0 Å². The highest BCUT2D eigenvalue weighted by Crippen LogP contribution is 2.24. The van der Waals surface area contributed by atoms with Gasteiger partial charge < -0.3 is 15.4 Å². The van der Waals surface area contributed by atoms with Gasteiger partial charge in [0.1, 0.15) is 0 Å². The minimum Gasteiger partial charge on any atom is -0.381 e. The van der Waals surface area contributed by atoms with Crippen LogP contribution < -0.4 is 5.73 Å². The predicted octanol–water partition coefficient (Wildman–Crippen LogP) is 2.46. The fourth-order valence-corrected chi connectivity index (χ4v) is 2.63. The van der Waals surface area contributed by atoms with Crippen LogP contribution in [0.15, 0.2) is 18.2 Å². The Kier molecular flexibility index (Phi) is 4.91. The molecule has 0 saturated carbocycles. The van der Waals surface area contributed by atoms with Crippen molar-refractivity contribution in [3.63, 3.8) is 0 Å². The van der Waals surface area contributed by atoms with Gasteiger partial charge in [-0.3, -0.25) is 4.79 Å². The summed E-state index contributed by atoms with van der Waals surface area (Å²) in [5.74, 6) is -0.0631. The second-order valence-corrected chi connectivity index (χ2v) is 5.99. The largest absolute Gasteiger partial charge is 0.381 e. The molecule has 0 aliphatic carbocycles. The molecule has 1 aromatic carbocycles. The van der Waals surface area contributed by atoms with E-state index in [4.69, 9.17) is 33.7 Å². The maximum absolute atomic E-state index is 12.5. The molecule has 0 radical (unpaired) electrons. The standard InChI is InChI=1S/C14H18Cl2N2O2/c1-18(9-10-2-3-11(15)12(16)8-10)13(19)14(17)4-6-20-7-5-14/h2-3,8H,4-7,9,17H2,1H3. The zero-order valence-electron chi connectivity index (χ0n) is 11.4. The molecule has 2 N–H and O–H groups in total. The lowest BCUT2D eigenvalue weighted by atomic mass is 9.89. The first-order chi connectivity index (χ1) is 9.42. The van der Waals surface area contributed by atoms with Crippen molar-refractivity contribution in [1.29, 1.82) is 0 Å². The molecule has 110 valence electrons. The summed E-state index contributed by atoms with van der Waals surface area (Å²) in [6.07, 6.45) is 1.11. The number of carbonyl (C=O) groups is 1. The van der Waals surface area contributed by atoms with Gasteiger partial charge in [0.15, 0.2) is 0 Å². The summed E-state index contributed by atoms with van der Waals surface area (Å²) in [6, 6.07) is 5.34. The van der Waals surface area contributed by atoms with Crippen molar-refractivity contribution in [2.75, 3.05) is 20.3 Å². The predicted molar refractivity (Wildman–Crippen MR) is 79.9 cm³/mol. The molecule has 1 saturated heterocycles. The smallest absolute Gasteiger partial charge is 0.242 e. The van der Waals surface area contributed by atoms with Crippen LogP contribution in [0.3, 0.4) is 0 Å². The molecule has 0 bridgehead atoms. The zero-order chi connectivity index (χ0) is 14.8. The third-order valence-electron chi connectivity index (χ3n) is 3.56. The molecular formula is C14H18Cl2N2O2. The lowest BCUT2D eigenvalue weighted by Crippen LogP contribution is -2.57. The topological polar surface area (TPSA) is 55.6 Å². The molecule has 0 atom stereocenters. The van der Waals surface area contributed by atoms with E-state index in [-0.39, 0.29) is 5.91 Å². The number of rotatable bonds is 3. The Bertz CT molecular complexity index is 502. The normalized spacial score (nSPS) is 17.8. The Morgan fingerprint density at radius 2 is 2.00 bits per heavy atom. The van der Waals surface area contributed by atoms with E-state index in [0.29, 0.717) is 42.6 Å². The van der Waals surface area contributed by atoms with Gasteiger partial charge in [0.25, 0.3) is 0 Å². The number of hydrogen-bond acceptors (Lipinski definition) is 3. The monoisotopic (exact) mass is 316 g/mol. The fourth-order valence-electron chi connectivity index (χ4n) is 2.31. The van der Waals surface area contributed by atoms with Crippen molar-refractivity contribution in [1.82, 2.24) is 4.90 Å². The highest BCUT2D eigenvalue weighted by molar-refractivity contribution is 6.42. The van der Waals surface area contributed by atoms with Gasteiger partial charge in [0.2, 0.25) is 5.91 Å². The van der Waals surface area contributed by atoms with E-state index in [9.17, 15) is 4.79 Å². The number of benzene rings is 1. The summed E-state index contributed by atoms with van der Waals surface area (Å²) in [4.78, 5) is 14.1. The Morgan fingerprint density at radius 1 is 1.35 bits per heavy atom. The number of ether oxygens (including phenoxy) is 1. The van der Waals surface area contributed by atoms with E-state index >= 15 is 0 Å². The van der Waals surface area contributed by atoms with E-state index in [1.54, 1.807) is 24.1 Å². The van der Waals surface area contributed by atoms with Gasteiger partial charge in [-0.2, -0.15) is 0 Å². The summed E-state index contributed by atoms with van der Waals surface area (Å²) in [7, 11) is 1.74. The van der Waals surface area contributed by atoms with Crippen molar-refractivity contribution >= 4 is 29.1 Å². The van der Waals surface area contributed by atoms with Crippen molar-refractivity contribution < 1.29 is 9.53 Å². The summed E-state index contributed by atoms with van der Waals surface area (Å²) in [5, 5.41) is 0.989. The molecule has 0 unspecified atom stereocenters. The maximum atomic E-state index is 12.5. The van der Waals surface area contributed by atoms with E-state index in [2.05, 4.69) is 0 Å². The van der Waals surface area contributed by atoms with Crippen LogP contribution in [0.5, 0.6) is 0 Å². The minimum atomic E-state index is -0.816. The van der Waals surface area contributed by atoms with Gasteiger partial charge >= 0.3 is 0 Å². The number of hydrogen-bond donors (Lipinski definition) is 1. The average Bonchev–Trinajstić information content (AvgIpc) is 2.43. The minimum absolute atomic E-state index is 0.0631. The van der Waals surface area contributed by atoms with Crippen LogP contribution in [0.1, 0.15) is 18.4 Å². The molecule has 4 nitrogen and oxygen atoms in total. The average molecular weight is 317 g/mol. The lowest BCUT2D eigenvalue weighted by Gasteiger charge is -2.35. The van der Waals surface area contributed by atoms with Gasteiger partial charge in [0, 0.05) is 26.8 Å². The van der Waals surface area contributed by atoms with E-state index in [0.717, 1.165) is 5.56 Å². The van der Waals surface area contributed by atoms with Crippen molar-refractivity contribution in [2.24, 2.45) is 5.73 Å². The third kappa shape index (κ3) is 3.44. The number of nitrogens with two attached hydrogens (primary N) is 1. The number of nitrogens with zero attached hydrogens (tertiary/aromatic N) is 1. The molecule has 1 heterocycles. The van der Waals surface area contributed by atoms with Crippen LogP contribution >= 0.6 is 23.2 Å². The summed E-state index contributed by atoms with van der Waals surface area (Å²) in [5.41, 5.74) is 6.30. The first-order valence-corrected chi connectivity index (χ1v) is 7.24. The molecule has 6 heteroatoms. The fraction of sp³-hybridized carbons (Fsp3) is 0.500. The molecule has 2 rings (SSSR count). The molecule has 1 aliphatic rings. The highest BCUT2D eigenvalue weighted by Gasteiger charge is 2.37. The van der Waals surface area contributed by atoms with Crippen LogP contribution in [0.25, 0.3) is 0 Å². The van der Waals surface area contributed by atoms with Crippen LogP contribution in [0, 0.1) is 0 Å². The van der Waals surface area contributed by atoms with Crippen molar-refractivity contribution in [3.05, 3.63) is 33.8 Å². The number of carbonyl (C=O) groups excluding carboxylic acids is 1. The molecule has 1 amide bonds. The van der Waals surface area contributed by atoms with Crippen LogP contribution in [-0.4, -0.2) is 36.6 Å². The summed E-state index contributed by atoms with van der Waals surface area (Å²) < 4.78 is 5.26. The van der Waals surface area contributed by atoms with Gasteiger partial charge in [-0.25, -0.2) is 0 Å². The van der Waals surface area contributed by atoms with E-state index < -0.39 is 5.54 Å². The Morgan fingerprint density at radius 3 is 2.60 bits per heavy atom. The first kappa shape index (κ1) is 15.6. The molecule has 1 aliphatic heterocycles. The molecule has 0 aromatic heterocycles. The van der Waals surface area contributed by atoms with Crippen molar-refractivity contribution in [2.45, 2.75) is 24.9 Å². The second-order valence-electron chi connectivity index (χ2n) is 5.18. The zero-order valence-corrected chi connectivity index (χ0v) is 12.9. The third-order valence-corrected chi connectivity index (χ3v) is 4.30. The van der Waals surface area contributed by atoms with Crippen LogP contribution in [0.2, 0.25) is 10.0 Å². The number of amides is 1. The number of halogens is 2. The Labute approximate surface area is 128 Å². The molecule has 20 heavy (non-hydrogen) atoms. The highest BCUT2D eigenvalue weighted by atomic mass is 35.5. The van der Waals surface area contributed by atoms with Gasteiger partial charge in [-0.1, -0.05) is 29.3 Å². The number of likely N-dealkylation sites (N-methyl/N-ethyl adjacent to an activating group) is 1. The van der Waals surface area contributed by atoms with Gasteiger partial charge in [0.05, 0.1) is 15.6 Å². The SMILES string of the molecule is CN(Cc1ccc(Cl)c(Cl)c1)C(=O)C1(N)CCOCC1. The second kappa shape index (κ2) is 6.31. The molecule has 1 aromatic rings. The van der Waals surface area contributed by atoms with E-state index in [1.165, 1.54) is 0 Å². The summed E-state index contributed by atoms with van der Waals surface area (Å²) >= 11 is 11.9.